The predicted molar refractivity (Wildman–Crippen MR) is 67.1 cm³/mol. The van der Waals surface area contributed by atoms with Crippen molar-refractivity contribution in [2.24, 2.45) is 5.92 Å². The smallest absolute Gasteiger partial charge is 0.166 e. The fourth-order valence-corrected chi connectivity index (χ4v) is 2.32. The molecule has 1 fully saturated rings. The van der Waals surface area contributed by atoms with Crippen molar-refractivity contribution in [1.82, 2.24) is 15.1 Å². The second-order valence-corrected chi connectivity index (χ2v) is 4.81. The van der Waals surface area contributed by atoms with Crippen LogP contribution in [0.4, 0.5) is 0 Å². The first-order chi connectivity index (χ1) is 8.29. The fraction of sp³-hybridized carbons (Fsp3) is 0.692. The van der Waals surface area contributed by atoms with Gasteiger partial charge in [-0.15, -0.1) is 0 Å². The molecule has 0 bridgehead atoms. The van der Waals surface area contributed by atoms with Crippen molar-refractivity contribution in [3.05, 3.63) is 18.0 Å². The molecule has 0 radical (unpaired) electrons. The van der Waals surface area contributed by atoms with E-state index in [1.807, 2.05) is 10.9 Å². The van der Waals surface area contributed by atoms with Crippen LogP contribution in [0.15, 0.2) is 12.4 Å². The summed E-state index contributed by atoms with van der Waals surface area (Å²) in [7, 11) is 0. The summed E-state index contributed by atoms with van der Waals surface area (Å²) < 4.78 is 1.86. The number of hydrogen-bond acceptors (Lipinski definition) is 3. The molecule has 17 heavy (non-hydrogen) atoms. The number of piperidine rings is 1. The summed E-state index contributed by atoms with van der Waals surface area (Å²) in [4.78, 5) is 12.1. The molecule has 0 aliphatic carbocycles. The van der Waals surface area contributed by atoms with Crippen LogP contribution in [0.3, 0.4) is 0 Å². The average Bonchev–Trinajstić information content (AvgIpc) is 2.79. The number of ketones is 1. The first-order valence-corrected chi connectivity index (χ1v) is 6.56. The van der Waals surface area contributed by atoms with Crippen LogP contribution < -0.4 is 5.32 Å². The number of nitrogens with zero attached hydrogens (tertiary/aromatic N) is 2. The van der Waals surface area contributed by atoms with Gasteiger partial charge in [0.25, 0.3) is 0 Å². The highest BCUT2D eigenvalue weighted by Gasteiger charge is 2.18. The minimum atomic E-state index is 0.249. The number of carbonyl (C=O) groups excluding carboxylic acids is 1. The van der Waals surface area contributed by atoms with E-state index < -0.39 is 0 Å². The highest BCUT2D eigenvalue weighted by atomic mass is 16.1. The number of hydrogen-bond donors (Lipinski definition) is 1. The van der Waals surface area contributed by atoms with Crippen molar-refractivity contribution in [3.8, 4) is 0 Å². The Morgan fingerprint density at radius 3 is 3.00 bits per heavy atom. The van der Waals surface area contributed by atoms with Crippen molar-refractivity contribution >= 4 is 5.78 Å². The maximum atomic E-state index is 12.1. The molecule has 2 heterocycles. The van der Waals surface area contributed by atoms with Crippen LogP contribution in [0.25, 0.3) is 0 Å². The molecule has 2 rings (SSSR count). The number of aryl methyl sites for hydroxylation is 1. The van der Waals surface area contributed by atoms with Gasteiger partial charge in [0.1, 0.15) is 0 Å². The second kappa shape index (κ2) is 5.96. The molecule has 1 aromatic heterocycles. The molecular weight excluding hydrogens is 214 g/mol. The molecule has 0 spiro atoms. The maximum Gasteiger partial charge on any atom is 0.166 e. The number of Topliss-reactive ketones (excluding diaryl/α,β-unsaturated/α-hetero) is 1. The third-order valence-corrected chi connectivity index (χ3v) is 3.34. The molecular formula is C13H21N3O. The fourth-order valence-electron chi connectivity index (χ4n) is 2.32. The van der Waals surface area contributed by atoms with Crippen molar-refractivity contribution in [2.75, 3.05) is 13.1 Å². The number of rotatable bonds is 5. The van der Waals surface area contributed by atoms with Gasteiger partial charge in [-0.3, -0.25) is 9.48 Å². The van der Waals surface area contributed by atoms with Crippen LogP contribution in [-0.2, 0) is 6.54 Å². The average molecular weight is 235 g/mol. The molecule has 1 N–H and O–H groups in total. The van der Waals surface area contributed by atoms with E-state index in [9.17, 15) is 4.79 Å². The molecule has 0 unspecified atom stereocenters. The first-order valence-electron chi connectivity index (χ1n) is 6.56. The Hall–Kier alpha value is -1.16. The second-order valence-electron chi connectivity index (χ2n) is 4.81. The summed E-state index contributed by atoms with van der Waals surface area (Å²) in [5, 5.41) is 7.52. The van der Waals surface area contributed by atoms with Gasteiger partial charge in [0, 0.05) is 19.2 Å². The zero-order valence-corrected chi connectivity index (χ0v) is 10.5. The first kappa shape index (κ1) is 12.3. The van der Waals surface area contributed by atoms with E-state index in [4.69, 9.17) is 0 Å². The van der Waals surface area contributed by atoms with E-state index in [1.165, 1.54) is 0 Å². The summed E-state index contributed by atoms with van der Waals surface area (Å²) >= 11 is 0. The lowest BCUT2D eigenvalue weighted by Gasteiger charge is -2.21. The van der Waals surface area contributed by atoms with Crippen LogP contribution in [0.2, 0.25) is 0 Å². The van der Waals surface area contributed by atoms with E-state index in [2.05, 4.69) is 17.3 Å². The van der Waals surface area contributed by atoms with Gasteiger partial charge in [0.05, 0.1) is 11.8 Å². The van der Waals surface area contributed by atoms with Gasteiger partial charge in [0.15, 0.2) is 5.78 Å². The molecule has 4 heteroatoms. The Morgan fingerprint density at radius 2 is 2.29 bits per heavy atom. The lowest BCUT2D eigenvalue weighted by molar-refractivity contribution is 0.0952. The highest BCUT2D eigenvalue weighted by molar-refractivity contribution is 5.95. The monoisotopic (exact) mass is 235 g/mol. The van der Waals surface area contributed by atoms with Crippen molar-refractivity contribution in [3.63, 3.8) is 0 Å². The van der Waals surface area contributed by atoms with Gasteiger partial charge in [-0.05, 0) is 38.3 Å². The SMILES string of the molecule is CCCn1cc(C(=O)CC2CCNCC2)cn1. The van der Waals surface area contributed by atoms with Crippen molar-refractivity contribution in [1.29, 1.82) is 0 Å². The Balaban J connectivity index is 1.89. The number of carbonyl (C=O) groups is 1. The minimum absolute atomic E-state index is 0.249. The summed E-state index contributed by atoms with van der Waals surface area (Å²) in [5.74, 6) is 0.803. The Morgan fingerprint density at radius 1 is 1.53 bits per heavy atom. The van der Waals surface area contributed by atoms with Crippen molar-refractivity contribution < 1.29 is 4.79 Å². The van der Waals surface area contributed by atoms with Crippen LogP contribution >= 0.6 is 0 Å². The van der Waals surface area contributed by atoms with Gasteiger partial charge < -0.3 is 5.32 Å². The van der Waals surface area contributed by atoms with Crippen LogP contribution in [0.5, 0.6) is 0 Å². The van der Waals surface area contributed by atoms with Crippen LogP contribution in [0.1, 0.15) is 43.0 Å². The Kier molecular flexibility index (Phi) is 4.31. The van der Waals surface area contributed by atoms with Crippen LogP contribution in [0, 0.1) is 5.92 Å². The molecule has 0 saturated carbocycles. The van der Waals surface area contributed by atoms with Gasteiger partial charge in [-0.1, -0.05) is 6.92 Å². The Bertz CT molecular complexity index is 366. The molecule has 1 aliphatic heterocycles. The molecule has 0 aromatic carbocycles. The van der Waals surface area contributed by atoms with Gasteiger partial charge in [-0.25, -0.2) is 0 Å². The molecule has 94 valence electrons. The van der Waals surface area contributed by atoms with Gasteiger partial charge in [-0.2, -0.15) is 5.10 Å². The van der Waals surface area contributed by atoms with E-state index >= 15 is 0 Å². The summed E-state index contributed by atoms with van der Waals surface area (Å²) in [6.07, 6.45) is 7.55. The van der Waals surface area contributed by atoms with Crippen LogP contribution in [-0.4, -0.2) is 28.7 Å². The minimum Gasteiger partial charge on any atom is -0.317 e. The molecule has 0 atom stereocenters. The zero-order valence-electron chi connectivity index (χ0n) is 10.5. The summed E-state index contributed by atoms with van der Waals surface area (Å²) in [6, 6.07) is 0. The van der Waals surface area contributed by atoms with E-state index in [0.717, 1.165) is 44.5 Å². The topological polar surface area (TPSA) is 46.9 Å². The third-order valence-electron chi connectivity index (χ3n) is 3.34. The van der Waals surface area contributed by atoms with Gasteiger partial charge in [0.2, 0.25) is 0 Å². The Labute approximate surface area is 102 Å². The van der Waals surface area contributed by atoms with Crippen molar-refractivity contribution in [2.45, 2.75) is 39.2 Å². The largest absolute Gasteiger partial charge is 0.317 e. The quantitative estimate of drug-likeness (QED) is 0.792. The molecule has 1 saturated heterocycles. The maximum absolute atomic E-state index is 12.1. The summed E-state index contributed by atoms with van der Waals surface area (Å²) in [5.41, 5.74) is 0.775. The molecule has 0 amide bonds. The van der Waals surface area contributed by atoms with E-state index in [0.29, 0.717) is 12.3 Å². The summed E-state index contributed by atoms with van der Waals surface area (Å²) in [6.45, 7) is 5.10. The standard InChI is InChI=1S/C13H21N3O/c1-2-7-16-10-12(9-15-16)13(17)8-11-3-5-14-6-4-11/h9-11,14H,2-8H2,1H3. The molecule has 1 aliphatic rings. The predicted octanol–water partition coefficient (Wildman–Crippen LogP) is 1.87. The zero-order chi connectivity index (χ0) is 12.1. The van der Waals surface area contributed by atoms with E-state index in [-0.39, 0.29) is 5.78 Å². The lowest BCUT2D eigenvalue weighted by atomic mass is 9.91. The number of nitrogens with one attached hydrogen (secondary N) is 1. The number of aromatic nitrogens is 2. The van der Waals surface area contributed by atoms with E-state index in [1.54, 1.807) is 6.20 Å². The normalized spacial score (nSPS) is 17.2. The molecule has 4 nitrogen and oxygen atoms in total. The van der Waals surface area contributed by atoms with Gasteiger partial charge >= 0.3 is 0 Å². The lowest BCUT2D eigenvalue weighted by Crippen LogP contribution is -2.28. The third kappa shape index (κ3) is 3.40. The highest BCUT2D eigenvalue weighted by Crippen LogP contribution is 2.18. The molecule has 1 aromatic rings.